The highest BCUT2D eigenvalue weighted by molar-refractivity contribution is 7.89. The molecule has 0 spiro atoms. The molecule has 31 heavy (non-hydrogen) atoms. The summed E-state index contributed by atoms with van der Waals surface area (Å²) in [5.74, 6) is 0.736. The van der Waals surface area contributed by atoms with Crippen LogP contribution in [0.5, 0.6) is 5.75 Å². The second-order valence-electron chi connectivity index (χ2n) is 7.70. The van der Waals surface area contributed by atoms with Crippen LogP contribution >= 0.6 is 0 Å². The standard InChI is InChI=1S/C26H25NO3S/c1-18-9-14-25(19(2)15-18)26(20-7-5-4-6-8-20)27-31(28,29)24-13-11-21-16-23(30-3)12-10-22(21)17-24/h4-17,26-27H,1-3H3/t26-/m1/s1. The van der Waals surface area contributed by atoms with E-state index in [1.165, 1.54) is 0 Å². The van der Waals surface area contributed by atoms with Crippen LogP contribution in [0.2, 0.25) is 0 Å². The maximum Gasteiger partial charge on any atom is 0.241 e. The van der Waals surface area contributed by atoms with Gasteiger partial charge < -0.3 is 4.74 Å². The lowest BCUT2D eigenvalue weighted by atomic mass is 9.95. The van der Waals surface area contributed by atoms with Crippen LogP contribution in [0.15, 0.2) is 89.8 Å². The zero-order valence-electron chi connectivity index (χ0n) is 17.8. The smallest absolute Gasteiger partial charge is 0.241 e. The minimum absolute atomic E-state index is 0.232. The fraction of sp³-hybridized carbons (Fsp3) is 0.154. The normalized spacial score (nSPS) is 12.6. The first-order valence-electron chi connectivity index (χ1n) is 10.1. The number of nitrogens with one attached hydrogen (secondary N) is 1. The quantitative estimate of drug-likeness (QED) is 0.436. The highest BCUT2D eigenvalue weighted by Gasteiger charge is 2.24. The molecule has 0 radical (unpaired) electrons. The van der Waals surface area contributed by atoms with E-state index in [-0.39, 0.29) is 4.90 Å². The fourth-order valence-electron chi connectivity index (χ4n) is 3.83. The average Bonchev–Trinajstić information content (AvgIpc) is 2.77. The summed E-state index contributed by atoms with van der Waals surface area (Å²) < 4.78 is 35.0. The van der Waals surface area contributed by atoms with Crippen molar-refractivity contribution < 1.29 is 13.2 Å². The zero-order valence-corrected chi connectivity index (χ0v) is 18.6. The van der Waals surface area contributed by atoms with Crippen molar-refractivity contribution in [2.45, 2.75) is 24.8 Å². The van der Waals surface area contributed by atoms with E-state index in [9.17, 15) is 8.42 Å². The van der Waals surface area contributed by atoms with Gasteiger partial charge in [-0.2, -0.15) is 4.72 Å². The molecule has 0 fully saturated rings. The molecule has 1 atom stereocenters. The van der Waals surface area contributed by atoms with E-state index < -0.39 is 16.1 Å². The summed E-state index contributed by atoms with van der Waals surface area (Å²) in [4.78, 5) is 0.232. The highest BCUT2D eigenvalue weighted by atomic mass is 32.2. The predicted molar refractivity (Wildman–Crippen MR) is 125 cm³/mol. The average molecular weight is 432 g/mol. The van der Waals surface area contributed by atoms with Crippen LogP contribution in [-0.2, 0) is 10.0 Å². The molecule has 5 heteroatoms. The van der Waals surface area contributed by atoms with E-state index in [4.69, 9.17) is 4.74 Å². The molecule has 0 aliphatic rings. The topological polar surface area (TPSA) is 55.4 Å². The van der Waals surface area contributed by atoms with Crippen LogP contribution in [0, 0.1) is 13.8 Å². The fourth-order valence-corrected chi connectivity index (χ4v) is 5.06. The number of sulfonamides is 1. The van der Waals surface area contributed by atoms with Gasteiger partial charge in [0.25, 0.3) is 0 Å². The van der Waals surface area contributed by atoms with Crippen molar-refractivity contribution in [2.75, 3.05) is 7.11 Å². The highest BCUT2D eigenvalue weighted by Crippen LogP contribution is 2.29. The van der Waals surface area contributed by atoms with Crippen LogP contribution in [0.3, 0.4) is 0 Å². The molecule has 0 bridgehead atoms. The van der Waals surface area contributed by atoms with Gasteiger partial charge >= 0.3 is 0 Å². The Morgan fingerprint density at radius 1 is 0.806 bits per heavy atom. The molecule has 0 saturated heterocycles. The zero-order chi connectivity index (χ0) is 22.0. The van der Waals surface area contributed by atoms with Crippen molar-refractivity contribution in [1.82, 2.24) is 4.72 Å². The second-order valence-corrected chi connectivity index (χ2v) is 9.41. The Kier molecular flexibility index (Phi) is 5.81. The van der Waals surface area contributed by atoms with Gasteiger partial charge in [-0.05, 0) is 65.6 Å². The van der Waals surface area contributed by atoms with Crippen LogP contribution < -0.4 is 9.46 Å². The Morgan fingerprint density at radius 2 is 1.52 bits per heavy atom. The maximum atomic E-state index is 13.4. The van der Waals surface area contributed by atoms with Crippen molar-refractivity contribution in [3.8, 4) is 5.75 Å². The largest absolute Gasteiger partial charge is 0.497 e. The van der Waals surface area contributed by atoms with Gasteiger partial charge in [0.2, 0.25) is 10.0 Å². The third-order valence-electron chi connectivity index (χ3n) is 5.47. The van der Waals surface area contributed by atoms with Crippen molar-refractivity contribution >= 4 is 20.8 Å². The van der Waals surface area contributed by atoms with E-state index in [0.29, 0.717) is 0 Å². The van der Waals surface area contributed by atoms with Gasteiger partial charge in [-0.1, -0.05) is 66.2 Å². The third kappa shape index (κ3) is 4.48. The molecule has 4 aromatic carbocycles. The Balaban J connectivity index is 1.76. The van der Waals surface area contributed by atoms with Gasteiger partial charge in [0.1, 0.15) is 5.75 Å². The number of rotatable bonds is 6. The number of ether oxygens (including phenoxy) is 1. The molecule has 158 valence electrons. The number of fused-ring (bicyclic) bond motifs is 1. The monoisotopic (exact) mass is 431 g/mol. The van der Waals surface area contributed by atoms with Gasteiger partial charge in [0.05, 0.1) is 18.0 Å². The number of methoxy groups -OCH3 is 1. The van der Waals surface area contributed by atoms with Crippen molar-refractivity contribution in [1.29, 1.82) is 0 Å². The molecule has 4 nitrogen and oxygen atoms in total. The van der Waals surface area contributed by atoms with Crippen LogP contribution in [0.25, 0.3) is 10.8 Å². The van der Waals surface area contributed by atoms with Crippen LogP contribution in [-0.4, -0.2) is 15.5 Å². The summed E-state index contributed by atoms with van der Waals surface area (Å²) in [5, 5.41) is 1.76. The first kappa shape index (κ1) is 21.1. The van der Waals surface area contributed by atoms with Crippen molar-refractivity contribution in [3.05, 3.63) is 107 Å². The summed E-state index contributed by atoms with van der Waals surface area (Å²) in [6.45, 7) is 4.04. The first-order valence-corrected chi connectivity index (χ1v) is 11.6. The number of benzene rings is 4. The minimum atomic E-state index is -3.77. The Bertz CT molecular complexity index is 1330. The lowest BCUT2D eigenvalue weighted by Gasteiger charge is -2.22. The van der Waals surface area contributed by atoms with E-state index in [1.54, 1.807) is 25.3 Å². The van der Waals surface area contributed by atoms with Gasteiger partial charge in [-0.3, -0.25) is 0 Å². The van der Waals surface area contributed by atoms with Gasteiger partial charge in [-0.25, -0.2) is 8.42 Å². The second kappa shape index (κ2) is 8.53. The molecule has 4 rings (SSSR count). The number of hydrogen-bond donors (Lipinski definition) is 1. The Morgan fingerprint density at radius 3 is 2.23 bits per heavy atom. The predicted octanol–water partition coefficient (Wildman–Crippen LogP) is 5.53. The summed E-state index contributed by atoms with van der Waals surface area (Å²) in [6.07, 6.45) is 0. The lowest BCUT2D eigenvalue weighted by molar-refractivity contribution is 0.415. The van der Waals surface area contributed by atoms with Crippen molar-refractivity contribution in [2.24, 2.45) is 0 Å². The molecule has 0 aliphatic carbocycles. The SMILES string of the molecule is COc1ccc2cc(S(=O)(=O)N[C@H](c3ccccc3)c3ccc(C)cc3C)ccc2c1. The summed E-state index contributed by atoms with van der Waals surface area (Å²) in [7, 11) is -2.16. The molecule has 1 N–H and O–H groups in total. The molecule has 0 saturated carbocycles. The van der Waals surface area contributed by atoms with Crippen molar-refractivity contribution in [3.63, 3.8) is 0 Å². The van der Waals surface area contributed by atoms with E-state index >= 15 is 0 Å². The first-order chi connectivity index (χ1) is 14.9. The molecule has 0 aliphatic heterocycles. The summed E-state index contributed by atoms with van der Waals surface area (Å²) >= 11 is 0. The van der Waals surface area contributed by atoms with Gasteiger partial charge in [0.15, 0.2) is 0 Å². The summed E-state index contributed by atoms with van der Waals surface area (Å²) in [6, 6.07) is 26.0. The maximum absolute atomic E-state index is 13.4. The van der Waals surface area contributed by atoms with E-state index in [2.05, 4.69) is 10.8 Å². The molecule has 0 aromatic heterocycles. The third-order valence-corrected chi connectivity index (χ3v) is 6.89. The molecular formula is C26H25NO3S. The number of hydrogen-bond acceptors (Lipinski definition) is 3. The lowest BCUT2D eigenvalue weighted by Crippen LogP contribution is -2.30. The van der Waals surface area contributed by atoms with Gasteiger partial charge in [-0.15, -0.1) is 0 Å². The Labute approximate surface area is 183 Å². The molecule has 0 unspecified atom stereocenters. The molecule has 4 aromatic rings. The van der Waals surface area contributed by atoms with Crippen LogP contribution in [0.1, 0.15) is 28.3 Å². The van der Waals surface area contributed by atoms with Gasteiger partial charge in [0, 0.05) is 0 Å². The number of aryl methyl sites for hydroxylation is 2. The molecule has 0 heterocycles. The molecule has 0 amide bonds. The van der Waals surface area contributed by atoms with E-state index in [0.717, 1.165) is 38.8 Å². The van der Waals surface area contributed by atoms with Crippen LogP contribution in [0.4, 0.5) is 0 Å². The summed E-state index contributed by atoms with van der Waals surface area (Å²) in [5.41, 5.74) is 4.01. The molecular weight excluding hydrogens is 406 g/mol. The Hall–Kier alpha value is -3.15. The minimum Gasteiger partial charge on any atom is -0.497 e. The van der Waals surface area contributed by atoms with E-state index in [1.807, 2.05) is 74.5 Å².